The predicted octanol–water partition coefficient (Wildman–Crippen LogP) is 5.66. The summed E-state index contributed by atoms with van der Waals surface area (Å²) in [5.41, 5.74) is 5.66. The molecule has 0 fully saturated rings. The monoisotopic (exact) mass is 470 g/mol. The standard InChI is InChI=1S/C31H38N2O2/c1-4-21-32-31(35)29(22-27-12-7-6-8-13-27)33(23-28-14-10-9-11-24(28)3)30(34)20-19-26-17-15-25(5-2)16-18-26/h6-18,29H,4-5,19-23H2,1-3H3,(H,32,35). The van der Waals surface area contributed by atoms with Crippen molar-refractivity contribution in [3.8, 4) is 0 Å². The van der Waals surface area contributed by atoms with E-state index in [2.05, 4.69) is 49.5 Å². The third-order valence-electron chi connectivity index (χ3n) is 6.48. The molecule has 0 heterocycles. The minimum Gasteiger partial charge on any atom is -0.354 e. The summed E-state index contributed by atoms with van der Waals surface area (Å²) in [5, 5.41) is 3.04. The van der Waals surface area contributed by atoms with Crippen molar-refractivity contribution < 1.29 is 9.59 Å². The molecule has 0 aliphatic carbocycles. The summed E-state index contributed by atoms with van der Waals surface area (Å²) in [4.78, 5) is 28.9. The van der Waals surface area contributed by atoms with Gasteiger partial charge in [-0.25, -0.2) is 0 Å². The maximum Gasteiger partial charge on any atom is 0.243 e. The van der Waals surface area contributed by atoms with Crippen LogP contribution in [0.25, 0.3) is 0 Å². The Hall–Kier alpha value is -3.40. The maximum absolute atomic E-state index is 13.7. The smallest absolute Gasteiger partial charge is 0.243 e. The van der Waals surface area contributed by atoms with E-state index in [9.17, 15) is 9.59 Å². The van der Waals surface area contributed by atoms with Crippen LogP contribution >= 0.6 is 0 Å². The fourth-order valence-electron chi connectivity index (χ4n) is 4.23. The summed E-state index contributed by atoms with van der Waals surface area (Å²) < 4.78 is 0. The third kappa shape index (κ3) is 7.81. The molecular formula is C31H38N2O2. The van der Waals surface area contributed by atoms with E-state index in [0.29, 0.717) is 32.4 Å². The van der Waals surface area contributed by atoms with Crippen molar-refractivity contribution in [1.29, 1.82) is 0 Å². The lowest BCUT2D eigenvalue weighted by Crippen LogP contribution is -2.50. The van der Waals surface area contributed by atoms with E-state index >= 15 is 0 Å². The van der Waals surface area contributed by atoms with E-state index in [1.165, 1.54) is 5.56 Å². The number of rotatable bonds is 12. The van der Waals surface area contributed by atoms with Crippen molar-refractivity contribution in [1.82, 2.24) is 10.2 Å². The molecule has 0 radical (unpaired) electrons. The number of aryl methyl sites for hydroxylation is 3. The molecule has 1 atom stereocenters. The quantitative estimate of drug-likeness (QED) is 0.371. The van der Waals surface area contributed by atoms with Gasteiger partial charge in [-0.3, -0.25) is 9.59 Å². The highest BCUT2D eigenvalue weighted by atomic mass is 16.2. The summed E-state index contributed by atoms with van der Waals surface area (Å²) in [6.45, 7) is 7.24. The highest BCUT2D eigenvalue weighted by Crippen LogP contribution is 2.19. The van der Waals surface area contributed by atoms with Crippen LogP contribution in [0.15, 0.2) is 78.9 Å². The van der Waals surface area contributed by atoms with Gasteiger partial charge in [0.25, 0.3) is 0 Å². The molecule has 2 amide bonds. The number of nitrogens with zero attached hydrogens (tertiary/aromatic N) is 1. The van der Waals surface area contributed by atoms with Gasteiger partial charge in [0.1, 0.15) is 6.04 Å². The Labute approximate surface area is 210 Å². The Morgan fingerprint density at radius 3 is 2.14 bits per heavy atom. The largest absolute Gasteiger partial charge is 0.354 e. The number of hydrogen-bond donors (Lipinski definition) is 1. The third-order valence-corrected chi connectivity index (χ3v) is 6.48. The van der Waals surface area contributed by atoms with Crippen LogP contribution < -0.4 is 5.32 Å². The van der Waals surface area contributed by atoms with Gasteiger partial charge in [0.05, 0.1) is 0 Å². The maximum atomic E-state index is 13.7. The van der Waals surface area contributed by atoms with Gasteiger partial charge in [-0.05, 0) is 54.0 Å². The number of carbonyl (C=O) groups is 2. The van der Waals surface area contributed by atoms with Crippen molar-refractivity contribution in [2.75, 3.05) is 6.54 Å². The highest BCUT2D eigenvalue weighted by Gasteiger charge is 2.30. The molecule has 184 valence electrons. The van der Waals surface area contributed by atoms with E-state index < -0.39 is 6.04 Å². The average Bonchev–Trinajstić information content (AvgIpc) is 2.89. The van der Waals surface area contributed by atoms with Crippen LogP contribution in [0, 0.1) is 6.92 Å². The topological polar surface area (TPSA) is 49.4 Å². The molecule has 0 aliphatic rings. The van der Waals surface area contributed by atoms with Gasteiger partial charge in [-0.1, -0.05) is 92.7 Å². The first-order chi connectivity index (χ1) is 17.0. The SMILES string of the molecule is CCCNC(=O)C(Cc1ccccc1)N(Cc1ccccc1C)C(=O)CCc1ccc(CC)cc1. The Balaban J connectivity index is 1.88. The van der Waals surface area contributed by atoms with Gasteiger partial charge in [0.2, 0.25) is 11.8 Å². The van der Waals surface area contributed by atoms with Crippen LogP contribution in [0.4, 0.5) is 0 Å². The molecule has 0 saturated carbocycles. The van der Waals surface area contributed by atoms with Crippen LogP contribution in [0.2, 0.25) is 0 Å². The number of benzene rings is 3. The highest BCUT2D eigenvalue weighted by molar-refractivity contribution is 5.88. The van der Waals surface area contributed by atoms with Crippen LogP contribution in [0.3, 0.4) is 0 Å². The second kappa shape index (κ2) is 13.5. The second-order valence-electron chi connectivity index (χ2n) is 9.11. The molecule has 4 heteroatoms. The Morgan fingerprint density at radius 2 is 1.49 bits per heavy atom. The molecule has 3 aromatic rings. The zero-order chi connectivity index (χ0) is 25.0. The van der Waals surface area contributed by atoms with E-state index in [4.69, 9.17) is 0 Å². The number of amides is 2. The van der Waals surface area contributed by atoms with Crippen molar-refractivity contribution in [3.63, 3.8) is 0 Å². The summed E-state index contributed by atoms with van der Waals surface area (Å²) in [7, 11) is 0. The molecular weight excluding hydrogens is 432 g/mol. The van der Waals surface area contributed by atoms with Crippen LogP contribution in [-0.4, -0.2) is 29.3 Å². The lowest BCUT2D eigenvalue weighted by atomic mass is 10.00. The molecule has 3 rings (SSSR count). The van der Waals surface area contributed by atoms with Crippen LogP contribution in [0.1, 0.15) is 54.5 Å². The second-order valence-corrected chi connectivity index (χ2v) is 9.11. The Morgan fingerprint density at radius 1 is 0.829 bits per heavy atom. The molecule has 0 saturated heterocycles. The van der Waals surface area contributed by atoms with Gasteiger partial charge in [-0.15, -0.1) is 0 Å². The summed E-state index contributed by atoms with van der Waals surface area (Å²) in [5.74, 6) is -0.0923. The molecule has 4 nitrogen and oxygen atoms in total. The lowest BCUT2D eigenvalue weighted by Gasteiger charge is -2.32. The van der Waals surface area contributed by atoms with Crippen molar-refractivity contribution >= 4 is 11.8 Å². The first kappa shape index (κ1) is 26.2. The first-order valence-corrected chi connectivity index (χ1v) is 12.7. The van der Waals surface area contributed by atoms with Gasteiger partial charge < -0.3 is 10.2 Å². The summed E-state index contributed by atoms with van der Waals surface area (Å²) in [6, 6.07) is 25.9. The molecule has 3 aromatic carbocycles. The molecule has 0 bridgehead atoms. The van der Waals surface area contributed by atoms with Crippen LogP contribution in [0.5, 0.6) is 0 Å². The molecule has 0 spiro atoms. The molecule has 1 unspecified atom stereocenters. The molecule has 0 aliphatic heterocycles. The van der Waals surface area contributed by atoms with Crippen LogP contribution in [-0.2, 0) is 35.4 Å². The fourth-order valence-corrected chi connectivity index (χ4v) is 4.23. The molecule has 0 aromatic heterocycles. The van der Waals surface area contributed by atoms with Gasteiger partial charge >= 0.3 is 0 Å². The van der Waals surface area contributed by atoms with Crippen molar-refractivity contribution in [2.24, 2.45) is 0 Å². The van der Waals surface area contributed by atoms with Gasteiger partial charge in [0, 0.05) is 25.9 Å². The molecule has 35 heavy (non-hydrogen) atoms. The van der Waals surface area contributed by atoms with Gasteiger partial charge in [-0.2, -0.15) is 0 Å². The van der Waals surface area contributed by atoms with E-state index in [0.717, 1.165) is 35.1 Å². The minimum atomic E-state index is -0.571. The van der Waals surface area contributed by atoms with E-state index in [1.54, 1.807) is 4.90 Å². The summed E-state index contributed by atoms with van der Waals surface area (Å²) >= 11 is 0. The van der Waals surface area contributed by atoms with E-state index in [-0.39, 0.29) is 11.8 Å². The lowest BCUT2D eigenvalue weighted by molar-refractivity contribution is -0.141. The number of hydrogen-bond acceptors (Lipinski definition) is 2. The normalized spacial score (nSPS) is 11.6. The Bertz CT molecular complexity index is 1080. The predicted molar refractivity (Wildman–Crippen MR) is 143 cm³/mol. The van der Waals surface area contributed by atoms with E-state index in [1.807, 2.05) is 55.5 Å². The minimum absolute atomic E-state index is 0.000371. The zero-order valence-corrected chi connectivity index (χ0v) is 21.3. The molecule has 1 N–H and O–H groups in total. The van der Waals surface area contributed by atoms with Gasteiger partial charge in [0.15, 0.2) is 0 Å². The van der Waals surface area contributed by atoms with Crippen molar-refractivity contribution in [3.05, 3.63) is 107 Å². The zero-order valence-electron chi connectivity index (χ0n) is 21.3. The fraction of sp³-hybridized carbons (Fsp3) is 0.355. The summed E-state index contributed by atoms with van der Waals surface area (Å²) in [6.07, 6.45) is 3.35. The Kier molecular flexibility index (Phi) is 10.1. The number of nitrogens with one attached hydrogen (secondary N) is 1. The first-order valence-electron chi connectivity index (χ1n) is 12.7. The average molecular weight is 471 g/mol. The number of carbonyl (C=O) groups excluding carboxylic acids is 2. The van der Waals surface area contributed by atoms with Crippen molar-refractivity contribution in [2.45, 2.75) is 65.5 Å².